The Hall–Kier alpha value is -2.14. The number of aliphatic hydroxyl groups excluding tert-OH is 1. The molecule has 1 radical (unpaired) electrons. The molecule has 1 N–H and O–H groups in total. The zero-order valence-electron chi connectivity index (χ0n) is 25.3. The van der Waals surface area contributed by atoms with E-state index in [1.54, 1.807) is 6.33 Å². The van der Waals surface area contributed by atoms with Gasteiger partial charge in [0.1, 0.15) is 14.4 Å². The topological polar surface area (TPSA) is 63.1 Å². The van der Waals surface area contributed by atoms with E-state index in [9.17, 15) is 9.90 Å². The second kappa shape index (κ2) is 16.2. The number of nitrogens with zero attached hydrogens (tertiary/aromatic N) is 2. The fourth-order valence-electron chi connectivity index (χ4n) is 4.57. The number of hydrogen-bond donors (Lipinski definition) is 1. The fraction of sp³-hybridized carbons (Fsp3) is 0.485. The van der Waals surface area contributed by atoms with Gasteiger partial charge in [0, 0.05) is 49.0 Å². The van der Waals surface area contributed by atoms with Gasteiger partial charge in [-0.15, -0.1) is 29.1 Å². The van der Waals surface area contributed by atoms with Gasteiger partial charge in [0.2, 0.25) is 0 Å². The van der Waals surface area contributed by atoms with Crippen LogP contribution in [0.2, 0.25) is 19.6 Å². The first-order chi connectivity index (χ1) is 18.0. The number of carbonyl (C=O) groups is 1. The van der Waals surface area contributed by atoms with Crippen LogP contribution in [0.15, 0.2) is 54.6 Å². The Morgan fingerprint density at radius 2 is 1.54 bits per heavy atom. The molecule has 0 bridgehead atoms. The van der Waals surface area contributed by atoms with Crippen molar-refractivity contribution in [2.75, 3.05) is 0 Å². The van der Waals surface area contributed by atoms with Crippen LogP contribution in [0, 0.1) is 17.9 Å². The van der Waals surface area contributed by atoms with Crippen LogP contribution in [-0.4, -0.2) is 28.9 Å². The van der Waals surface area contributed by atoms with Crippen LogP contribution in [0.3, 0.4) is 0 Å². The van der Waals surface area contributed by atoms with E-state index in [4.69, 9.17) is 0 Å². The molecule has 0 fully saturated rings. The van der Waals surface area contributed by atoms with Crippen molar-refractivity contribution in [3.05, 3.63) is 66.2 Å². The van der Waals surface area contributed by atoms with Crippen molar-refractivity contribution in [1.82, 2.24) is 9.97 Å². The first-order valence-corrected chi connectivity index (χ1v) is 17.7. The average molecular weight is 724 g/mol. The molecule has 2 aromatic carbocycles. The zero-order valence-corrected chi connectivity index (χ0v) is 28.7. The van der Waals surface area contributed by atoms with E-state index < -0.39 is 8.07 Å². The van der Waals surface area contributed by atoms with E-state index >= 15 is 0 Å². The molecule has 0 aliphatic rings. The van der Waals surface area contributed by atoms with Crippen LogP contribution in [0.25, 0.3) is 22.0 Å². The molecule has 1 aromatic heterocycles. The van der Waals surface area contributed by atoms with E-state index in [0.717, 1.165) is 42.3 Å². The van der Waals surface area contributed by atoms with E-state index in [1.807, 2.05) is 27.7 Å². The van der Waals surface area contributed by atoms with Gasteiger partial charge in [-0.3, -0.25) is 9.78 Å². The Morgan fingerprint density at radius 3 is 2.08 bits per heavy atom. The maximum atomic E-state index is 11.7. The molecule has 0 saturated heterocycles. The molecule has 0 amide bonds. The largest absolute Gasteiger partial charge is 0.512 e. The average Bonchev–Trinajstić information content (AvgIpc) is 2.89. The number of ketones is 1. The van der Waals surface area contributed by atoms with Gasteiger partial charge >= 0.3 is 0 Å². The molecule has 4 nitrogen and oxygen atoms in total. The predicted octanol–water partition coefficient (Wildman–Crippen LogP) is 8.63. The molecule has 3 rings (SSSR count). The minimum atomic E-state index is -1.45. The number of carbonyl (C=O) groups excluding carboxylic acids is 1. The first-order valence-electron chi connectivity index (χ1n) is 14.2. The van der Waals surface area contributed by atoms with Crippen molar-refractivity contribution in [2.45, 2.75) is 92.8 Å². The van der Waals surface area contributed by atoms with Crippen LogP contribution in [0.4, 0.5) is 0 Å². The van der Waals surface area contributed by atoms with Crippen molar-refractivity contribution < 1.29 is 30.0 Å². The molecule has 6 heteroatoms. The second-order valence-corrected chi connectivity index (χ2v) is 16.4. The molecule has 0 saturated carbocycles. The summed E-state index contributed by atoms with van der Waals surface area (Å²) < 4.78 is 0. The third kappa shape index (κ3) is 9.77. The molecule has 0 spiro atoms. The molecule has 0 atom stereocenters. The summed E-state index contributed by atoms with van der Waals surface area (Å²) in [4.78, 5) is 20.7. The van der Waals surface area contributed by atoms with Crippen molar-refractivity contribution in [2.24, 2.45) is 11.8 Å². The fourth-order valence-corrected chi connectivity index (χ4v) is 5.58. The Kier molecular flexibility index (Phi) is 14.5. The van der Waals surface area contributed by atoms with Gasteiger partial charge < -0.3 is 5.11 Å². The molecule has 0 unspecified atom stereocenters. The summed E-state index contributed by atoms with van der Waals surface area (Å²) in [5.41, 5.74) is 3.39. The third-order valence-corrected chi connectivity index (χ3v) is 9.03. The number of hydrogen-bond acceptors (Lipinski definition) is 4. The zero-order chi connectivity index (χ0) is 28.5. The number of benzene rings is 2. The van der Waals surface area contributed by atoms with Crippen LogP contribution >= 0.6 is 0 Å². The standard InChI is InChI=1S/C20H23N2Si.C13H24O2.Ir/c1-14(2)18-11-16(10-15-8-6-7-9-17(15)18)19-12-20(22-13-21-19)23(3,4)5;1-5-10(6-2)12(14)9-13(15)11(7-3)8-4;/h6-9,11-14H,1-5H3;9-11,14H,5-8H2,1-4H3;/q-1;;/b;12-9-;. The minimum absolute atomic E-state index is 0. The number of aromatic nitrogens is 2. The molecule has 3 aromatic rings. The monoisotopic (exact) mass is 724 g/mol. The number of rotatable bonds is 10. The first kappa shape index (κ1) is 34.9. The van der Waals surface area contributed by atoms with Gasteiger partial charge in [0.05, 0.1) is 5.76 Å². The Labute approximate surface area is 251 Å². The van der Waals surface area contributed by atoms with Crippen LogP contribution in [-0.2, 0) is 24.9 Å². The van der Waals surface area contributed by atoms with E-state index in [0.29, 0.717) is 5.92 Å². The Balaban J connectivity index is 0.000000418. The summed E-state index contributed by atoms with van der Waals surface area (Å²) in [5, 5.41) is 13.4. The van der Waals surface area contributed by atoms with Crippen LogP contribution in [0.1, 0.15) is 78.7 Å². The predicted molar refractivity (Wildman–Crippen MR) is 165 cm³/mol. The van der Waals surface area contributed by atoms with Gasteiger partial charge in [-0.25, -0.2) is 4.98 Å². The van der Waals surface area contributed by atoms with Gasteiger partial charge in [0.25, 0.3) is 0 Å². The Bertz CT molecular complexity index is 1230. The number of fused-ring (bicyclic) bond motifs is 1. The van der Waals surface area contributed by atoms with Crippen molar-refractivity contribution >= 4 is 29.9 Å². The maximum Gasteiger partial charge on any atom is 0.162 e. The minimum Gasteiger partial charge on any atom is -0.512 e. The summed E-state index contributed by atoms with van der Waals surface area (Å²) in [7, 11) is -1.45. The summed E-state index contributed by atoms with van der Waals surface area (Å²) in [6, 6.07) is 16.4. The molecule has 215 valence electrons. The van der Waals surface area contributed by atoms with Gasteiger partial charge in [-0.05, 0) is 31.6 Å². The molecular formula is C33H47IrN2O2Si-. The molecule has 39 heavy (non-hydrogen) atoms. The molecule has 0 aliphatic heterocycles. The number of allylic oxidation sites excluding steroid dienone is 2. The van der Waals surface area contributed by atoms with Crippen LogP contribution in [0.5, 0.6) is 0 Å². The van der Waals surface area contributed by atoms with E-state index in [2.05, 4.69) is 85.9 Å². The maximum absolute atomic E-state index is 11.7. The molecule has 1 heterocycles. The van der Waals surface area contributed by atoms with Gasteiger partial charge in [-0.1, -0.05) is 96.4 Å². The van der Waals surface area contributed by atoms with Gasteiger partial charge in [-0.2, -0.15) is 0 Å². The third-order valence-electron chi connectivity index (χ3n) is 7.22. The summed E-state index contributed by atoms with van der Waals surface area (Å²) in [5.74, 6) is 1.01. The normalized spacial score (nSPS) is 11.9. The van der Waals surface area contributed by atoms with Crippen molar-refractivity contribution in [1.29, 1.82) is 0 Å². The van der Waals surface area contributed by atoms with Crippen LogP contribution < -0.4 is 5.32 Å². The van der Waals surface area contributed by atoms with Crippen molar-refractivity contribution in [3.8, 4) is 11.3 Å². The quantitative estimate of drug-likeness (QED) is 0.0985. The van der Waals surface area contributed by atoms with E-state index in [1.165, 1.54) is 22.3 Å². The van der Waals surface area contributed by atoms with Crippen molar-refractivity contribution in [3.63, 3.8) is 0 Å². The Morgan fingerprint density at radius 1 is 0.949 bits per heavy atom. The summed E-state index contributed by atoms with van der Waals surface area (Å²) >= 11 is 0. The molecule has 0 aliphatic carbocycles. The second-order valence-electron chi connectivity index (χ2n) is 11.4. The SMILES string of the molecule is CC(C)c1cc(-c2cc([Si](C)(C)C)ncn2)[c-]c2ccccc12.CCC(CC)C(=O)/C=C(\O)C(CC)CC.[Ir]. The summed E-state index contributed by atoms with van der Waals surface area (Å²) in [6.07, 6.45) is 6.60. The number of aliphatic hydroxyl groups is 1. The smallest absolute Gasteiger partial charge is 0.162 e. The van der Waals surface area contributed by atoms with Gasteiger partial charge in [0.15, 0.2) is 5.78 Å². The molecular weight excluding hydrogens is 677 g/mol. The van der Waals surface area contributed by atoms with E-state index in [-0.39, 0.29) is 43.5 Å². The summed E-state index contributed by atoms with van der Waals surface area (Å²) in [6.45, 7) is 19.5.